The fraction of sp³-hybridized carbons (Fsp3) is 0.125. The van der Waals surface area contributed by atoms with Crippen molar-refractivity contribution in [3.63, 3.8) is 0 Å². The van der Waals surface area contributed by atoms with Gasteiger partial charge < -0.3 is 20.1 Å². The third-order valence-corrected chi connectivity index (χ3v) is 4.78. The summed E-state index contributed by atoms with van der Waals surface area (Å²) >= 11 is 4.29. The average Bonchev–Trinajstić information content (AvgIpc) is 2.79. The molecule has 8 heteroatoms. The van der Waals surface area contributed by atoms with Crippen molar-refractivity contribution in [3.8, 4) is 5.75 Å². The molecule has 2 amide bonds. The summed E-state index contributed by atoms with van der Waals surface area (Å²) in [5.41, 5.74) is 2.41. The van der Waals surface area contributed by atoms with Gasteiger partial charge in [-0.3, -0.25) is 9.59 Å². The van der Waals surface area contributed by atoms with Gasteiger partial charge in [-0.2, -0.15) is 0 Å². The van der Waals surface area contributed by atoms with Gasteiger partial charge in [0, 0.05) is 22.7 Å². The first-order chi connectivity index (χ1) is 15.5. The Morgan fingerprint density at radius 3 is 2.22 bits per heavy atom. The Hall–Kier alpha value is -3.78. The highest BCUT2D eigenvalue weighted by molar-refractivity contribution is 7.80. The average molecular weight is 451 g/mol. The summed E-state index contributed by atoms with van der Waals surface area (Å²) in [5, 5.41) is 5.64. The normalized spacial score (nSPS) is 10.2. The smallest absolute Gasteiger partial charge is 0.434 e. The molecule has 164 valence electrons. The lowest BCUT2D eigenvalue weighted by Gasteiger charge is -2.09. The second kappa shape index (κ2) is 11.0. The number of rotatable bonds is 7. The zero-order valence-electron chi connectivity index (χ0n) is 17.3. The molecule has 0 saturated heterocycles. The van der Waals surface area contributed by atoms with E-state index in [4.69, 9.17) is 9.47 Å². The molecule has 0 unspecified atom stereocenters. The molecule has 3 aromatic carbocycles. The summed E-state index contributed by atoms with van der Waals surface area (Å²) in [6, 6.07) is 20.3. The van der Waals surface area contributed by atoms with Crippen LogP contribution in [0.15, 0.2) is 77.7 Å². The Kier molecular flexibility index (Phi) is 7.88. The van der Waals surface area contributed by atoms with Gasteiger partial charge in [0.1, 0.15) is 5.75 Å². The van der Waals surface area contributed by atoms with Gasteiger partial charge in [-0.15, -0.1) is 12.6 Å². The van der Waals surface area contributed by atoms with Crippen molar-refractivity contribution < 1.29 is 23.9 Å². The maximum absolute atomic E-state index is 12.4. The molecule has 0 aromatic heterocycles. The molecule has 0 aliphatic heterocycles. The molecule has 3 aromatic rings. The number of thiol groups is 1. The van der Waals surface area contributed by atoms with Gasteiger partial charge in [-0.05, 0) is 61.0 Å². The maximum atomic E-state index is 12.4. The van der Waals surface area contributed by atoms with Crippen molar-refractivity contribution >= 4 is 36.3 Å². The summed E-state index contributed by atoms with van der Waals surface area (Å²) < 4.78 is 9.67. The lowest BCUT2D eigenvalue weighted by Crippen LogP contribution is -2.23. The Morgan fingerprint density at radius 1 is 0.875 bits per heavy atom. The molecule has 3 rings (SSSR count). The van der Waals surface area contributed by atoms with Gasteiger partial charge in [0.2, 0.25) is 0 Å². The van der Waals surface area contributed by atoms with Gasteiger partial charge in [0.15, 0.2) is 0 Å². The number of amides is 2. The monoisotopic (exact) mass is 450 g/mol. The Morgan fingerprint density at radius 2 is 1.56 bits per heavy atom. The van der Waals surface area contributed by atoms with Gasteiger partial charge in [-0.25, -0.2) is 4.79 Å². The van der Waals surface area contributed by atoms with E-state index in [0.717, 1.165) is 5.56 Å². The van der Waals surface area contributed by atoms with Crippen LogP contribution < -0.4 is 15.4 Å². The van der Waals surface area contributed by atoms with Crippen molar-refractivity contribution in [1.82, 2.24) is 5.32 Å². The molecule has 0 saturated carbocycles. The molecule has 0 heterocycles. The van der Waals surface area contributed by atoms with Crippen LogP contribution in [0.5, 0.6) is 5.75 Å². The van der Waals surface area contributed by atoms with Crippen LogP contribution in [0.3, 0.4) is 0 Å². The predicted octanol–water partition coefficient (Wildman–Crippen LogP) is 4.69. The van der Waals surface area contributed by atoms with Crippen molar-refractivity contribution in [2.75, 3.05) is 11.9 Å². The van der Waals surface area contributed by atoms with Crippen molar-refractivity contribution in [2.45, 2.75) is 18.4 Å². The Labute approximate surface area is 191 Å². The molecule has 0 bridgehead atoms. The van der Waals surface area contributed by atoms with Crippen molar-refractivity contribution in [3.05, 3.63) is 89.5 Å². The standard InChI is InChI=1S/C24H22N2O5S/c1-2-30-24(29)31-19-13-9-17(10-14-19)22(27)26-18-11-7-16(8-12-18)15-25-23(28)20-5-3-4-6-21(20)32/h3-14,32H,2,15H2,1H3,(H,25,28)(H,26,27). The highest BCUT2D eigenvalue weighted by Gasteiger charge is 2.10. The highest BCUT2D eigenvalue weighted by Crippen LogP contribution is 2.16. The minimum absolute atomic E-state index is 0.205. The SMILES string of the molecule is CCOC(=O)Oc1ccc(C(=O)Nc2ccc(CNC(=O)c3ccccc3S)cc2)cc1. The number of hydrogen-bond donors (Lipinski definition) is 3. The first-order valence-corrected chi connectivity index (χ1v) is 10.3. The lowest BCUT2D eigenvalue weighted by atomic mass is 10.1. The first-order valence-electron chi connectivity index (χ1n) is 9.87. The van der Waals surface area contributed by atoms with Crippen LogP contribution in [0, 0.1) is 0 Å². The number of hydrogen-bond acceptors (Lipinski definition) is 6. The molecule has 0 aliphatic rings. The van der Waals surface area contributed by atoms with Gasteiger partial charge >= 0.3 is 6.16 Å². The fourth-order valence-corrected chi connectivity index (χ4v) is 3.03. The van der Waals surface area contributed by atoms with E-state index in [9.17, 15) is 14.4 Å². The second-order valence-corrected chi connectivity index (χ2v) is 7.14. The first kappa shape index (κ1) is 22.9. The van der Waals surface area contributed by atoms with E-state index < -0.39 is 6.16 Å². The van der Waals surface area contributed by atoms with E-state index in [0.29, 0.717) is 28.3 Å². The number of nitrogens with one attached hydrogen (secondary N) is 2. The number of carbonyl (C=O) groups excluding carboxylic acids is 3. The number of ether oxygens (including phenoxy) is 2. The van der Waals surface area contributed by atoms with Crippen LogP contribution in [0.25, 0.3) is 0 Å². The molecule has 32 heavy (non-hydrogen) atoms. The molecular formula is C24H22N2O5S. The van der Waals surface area contributed by atoms with E-state index in [1.807, 2.05) is 18.2 Å². The van der Waals surface area contributed by atoms with E-state index in [1.54, 1.807) is 49.4 Å². The van der Waals surface area contributed by atoms with Crippen LogP contribution >= 0.6 is 12.6 Å². The summed E-state index contributed by atoms with van der Waals surface area (Å²) in [6.45, 7) is 2.24. The molecule has 0 atom stereocenters. The molecule has 0 aliphatic carbocycles. The van der Waals surface area contributed by atoms with Crippen LogP contribution in [-0.4, -0.2) is 24.6 Å². The quantitative estimate of drug-likeness (QED) is 0.276. The zero-order valence-corrected chi connectivity index (χ0v) is 18.2. The topological polar surface area (TPSA) is 93.7 Å². The van der Waals surface area contributed by atoms with Crippen molar-refractivity contribution in [2.24, 2.45) is 0 Å². The lowest BCUT2D eigenvalue weighted by molar-refractivity contribution is 0.0946. The summed E-state index contributed by atoms with van der Waals surface area (Å²) in [4.78, 5) is 36.6. The molecule has 0 fully saturated rings. The van der Waals surface area contributed by atoms with Crippen LogP contribution in [0.1, 0.15) is 33.2 Å². The van der Waals surface area contributed by atoms with Crippen LogP contribution in [0.2, 0.25) is 0 Å². The van der Waals surface area contributed by atoms with E-state index >= 15 is 0 Å². The number of benzene rings is 3. The number of carbonyl (C=O) groups is 3. The largest absolute Gasteiger partial charge is 0.513 e. The molecule has 2 N–H and O–H groups in total. The zero-order chi connectivity index (χ0) is 22.9. The molecule has 7 nitrogen and oxygen atoms in total. The van der Waals surface area contributed by atoms with Gasteiger partial charge in [0.25, 0.3) is 11.8 Å². The second-order valence-electron chi connectivity index (χ2n) is 6.66. The van der Waals surface area contributed by atoms with Crippen molar-refractivity contribution in [1.29, 1.82) is 0 Å². The molecule has 0 spiro atoms. The minimum atomic E-state index is -0.796. The van der Waals surface area contributed by atoms with Gasteiger partial charge in [0.05, 0.1) is 12.2 Å². The Bertz CT molecular complexity index is 1100. The molecule has 0 radical (unpaired) electrons. The summed E-state index contributed by atoms with van der Waals surface area (Å²) in [7, 11) is 0. The third-order valence-electron chi connectivity index (χ3n) is 4.39. The van der Waals surface area contributed by atoms with E-state index in [1.165, 1.54) is 12.1 Å². The van der Waals surface area contributed by atoms with Gasteiger partial charge in [-0.1, -0.05) is 24.3 Å². The fourth-order valence-electron chi connectivity index (χ4n) is 2.77. The molecular weight excluding hydrogens is 428 g/mol. The maximum Gasteiger partial charge on any atom is 0.513 e. The predicted molar refractivity (Wildman–Crippen MR) is 123 cm³/mol. The summed E-state index contributed by atoms with van der Waals surface area (Å²) in [6.07, 6.45) is -0.796. The minimum Gasteiger partial charge on any atom is -0.434 e. The van der Waals surface area contributed by atoms with E-state index in [-0.39, 0.29) is 24.2 Å². The highest BCUT2D eigenvalue weighted by atomic mass is 32.1. The Balaban J connectivity index is 1.52. The van der Waals surface area contributed by atoms with Crippen LogP contribution in [-0.2, 0) is 11.3 Å². The van der Waals surface area contributed by atoms with Crippen LogP contribution in [0.4, 0.5) is 10.5 Å². The third kappa shape index (κ3) is 6.36. The van der Waals surface area contributed by atoms with E-state index in [2.05, 4.69) is 23.3 Å². The summed E-state index contributed by atoms with van der Waals surface area (Å²) in [5.74, 6) is -0.227. The number of anilines is 1.